The first-order valence-corrected chi connectivity index (χ1v) is 11.9. The van der Waals surface area contributed by atoms with Crippen molar-refractivity contribution in [1.82, 2.24) is 4.57 Å². The molecule has 0 spiro atoms. The number of aryl methyl sites for hydroxylation is 3. The number of hydrogen-bond acceptors (Lipinski definition) is 0. The molecule has 0 atom stereocenters. The minimum atomic E-state index is 1.13. The zero-order valence-electron chi connectivity index (χ0n) is 18.8. The molecular formula is C27H39N3+2. The smallest absolute Gasteiger partial charge is 0.169 e. The number of unbranched alkanes of at least 4 members (excludes halogenated alkanes) is 9. The fraction of sp³-hybridized carbons (Fsp3) is 0.481. The van der Waals surface area contributed by atoms with E-state index in [1.54, 1.807) is 0 Å². The van der Waals surface area contributed by atoms with Crippen LogP contribution >= 0.6 is 0 Å². The van der Waals surface area contributed by atoms with E-state index in [4.69, 9.17) is 0 Å². The van der Waals surface area contributed by atoms with E-state index in [9.17, 15) is 0 Å². The quantitative estimate of drug-likeness (QED) is 0.235. The van der Waals surface area contributed by atoms with Crippen LogP contribution in [0.5, 0.6) is 0 Å². The third kappa shape index (κ3) is 8.14. The molecule has 3 nitrogen and oxygen atoms in total. The van der Waals surface area contributed by atoms with Crippen molar-refractivity contribution < 1.29 is 9.13 Å². The highest BCUT2D eigenvalue weighted by Gasteiger charge is 2.04. The summed E-state index contributed by atoms with van der Waals surface area (Å²) in [7, 11) is 2.05. The van der Waals surface area contributed by atoms with Crippen molar-refractivity contribution in [1.29, 1.82) is 0 Å². The minimum Gasteiger partial charge on any atom is -0.354 e. The summed E-state index contributed by atoms with van der Waals surface area (Å²) in [4.78, 5) is 0. The van der Waals surface area contributed by atoms with Crippen molar-refractivity contribution in [2.24, 2.45) is 7.05 Å². The number of rotatable bonds is 14. The zero-order chi connectivity index (χ0) is 20.9. The van der Waals surface area contributed by atoms with Gasteiger partial charge >= 0.3 is 0 Å². The van der Waals surface area contributed by atoms with E-state index in [1.165, 1.54) is 81.9 Å². The van der Waals surface area contributed by atoms with Gasteiger partial charge < -0.3 is 4.57 Å². The van der Waals surface area contributed by atoms with Gasteiger partial charge in [-0.1, -0.05) is 44.9 Å². The van der Waals surface area contributed by atoms with Gasteiger partial charge in [-0.25, -0.2) is 9.13 Å². The maximum Gasteiger partial charge on any atom is 0.169 e. The van der Waals surface area contributed by atoms with Crippen molar-refractivity contribution in [3.05, 3.63) is 73.6 Å². The highest BCUT2D eigenvalue weighted by Crippen LogP contribution is 2.15. The van der Waals surface area contributed by atoms with E-state index in [1.807, 2.05) is 0 Å². The molecule has 0 saturated carbocycles. The summed E-state index contributed by atoms with van der Waals surface area (Å²) in [6.45, 7) is 2.31. The molecule has 0 aliphatic heterocycles. The molecule has 3 rings (SSSR count). The minimum absolute atomic E-state index is 1.13. The van der Waals surface area contributed by atoms with E-state index in [0.717, 1.165) is 6.54 Å². The second-order valence-corrected chi connectivity index (χ2v) is 8.53. The van der Waals surface area contributed by atoms with E-state index < -0.39 is 0 Å². The van der Waals surface area contributed by atoms with E-state index in [0.29, 0.717) is 0 Å². The topological polar surface area (TPSA) is 12.7 Å². The average molecular weight is 406 g/mol. The molecule has 0 amide bonds. The van der Waals surface area contributed by atoms with Crippen molar-refractivity contribution in [3.8, 4) is 11.1 Å². The Hall–Kier alpha value is -2.42. The van der Waals surface area contributed by atoms with Gasteiger partial charge in [0.2, 0.25) is 0 Å². The van der Waals surface area contributed by atoms with Crippen LogP contribution in [-0.2, 0) is 20.1 Å². The molecule has 0 fully saturated rings. The maximum absolute atomic E-state index is 2.32. The van der Waals surface area contributed by atoms with Crippen LogP contribution in [0.2, 0.25) is 0 Å². The second-order valence-electron chi connectivity index (χ2n) is 8.53. The van der Waals surface area contributed by atoms with Crippen molar-refractivity contribution in [2.45, 2.75) is 77.3 Å². The lowest BCUT2D eigenvalue weighted by molar-refractivity contribution is -0.697. The van der Waals surface area contributed by atoms with Gasteiger partial charge in [0.15, 0.2) is 24.8 Å². The molecule has 0 bridgehead atoms. The fourth-order valence-electron chi connectivity index (χ4n) is 4.01. The van der Waals surface area contributed by atoms with E-state index in [2.05, 4.69) is 94.3 Å². The second kappa shape index (κ2) is 13.0. The van der Waals surface area contributed by atoms with Crippen LogP contribution in [0.3, 0.4) is 0 Å². The predicted octanol–water partition coefficient (Wildman–Crippen LogP) is 5.87. The lowest BCUT2D eigenvalue weighted by Crippen LogP contribution is -2.32. The molecule has 0 aliphatic carbocycles. The largest absolute Gasteiger partial charge is 0.354 e. The lowest BCUT2D eigenvalue weighted by Gasteiger charge is -2.04. The molecule has 3 aromatic rings. The maximum atomic E-state index is 2.32. The Bertz CT molecular complexity index is 804. The van der Waals surface area contributed by atoms with Crippen LogP contribution in [0.25, 0.3) is 11.1 Å². The molecule has 0 aromatic carbocycles. The van der Waals surface area contributed by atoms with Crippen LogP contribution in [0, 0.1) is 0 Å². The molecule has 0 saturated heterocycles. The average Bonchev–Trinajstić information content (AvgIpc) is 3.29. The molecule has 0 N–H and O–H groups in total. The molecule has 3 heterocycles. The van der Waals surface area contributed by atoms with Gasteiger partial charge in [-0.2, -0.15) is 0 Å². The summed E-state index contributed by atoms with van der Waals surface area (Å²) in [5.41, 5.74) is 2.57. The van der Waals surface area contributed by atoms with Gasteiger partial charge in [-0.05, 0) is 36.1 Å². The summed E-state index contributed by atoms with van der Waals surface area (Å²) >= 11 is 0. The van der Waals surface area contributed by atoms with Gasteiger partial charge in [0.25, 0.3) is 0 Å². The van der Waals surface area contributed by atoms with Crippen LogP contribution in [-0.4, -0.2) is 4.57 Å². The third-order valence-electron chi connectivity index (χ3n) is 5.95. The summed E-state index contributed by atoms with van der Waals surface area (Å²) in [6.07, 6.45) is 26.7. The standard InChI is InChI=1S/C27H39N3/c1-28-22-14-26(15-23-28)27-16-24-30(25-17-27)19-11-9-7-5-3-2-4-6-8-10-18-29-20-12-13-21-29/h12-17,20-25H,2-11,18-19H2,1H3/q+2. The summed E-state index contributed by atoms with van der Waals surface area (Å²) in [5.74, 6) is 0. The molecule has 3 aromatic heterocycles. The van der Waals surface area contributed by atoms with Crippen LogP contribution in [0.15, 0.2) is 73.6 Å². The Labute approximate surface area is 183 Å². The molecule has 0 unspecified atom stereocenters. The van der Waals surface area contributed by atoms with Gasteiger partial charge in [-0.3, -0.25) is 0 Å². The number of hydrogen-bond donors (Lipinski definition) is 0. The first-order chi connectivity index (χ1) is 14.8. The van der Waals surface area contributed by atoms with Crippen molar-refractivity contribution >= 4 is 0 Å². The number of aromatic nitrogens is 3. The first kappa shape index (κ1) is 22.3. The van der Waals surface area contributed by atoms with E-state index >= 15 is 0 Å². The van der Waals surface area contributed by atoms with Crippen molar-refractivity contribution in [3.63, 3.8) is 0 Å². The van der Waals surface area contributed by atoms with Crippen LogP contribution in [0.1, 0.15) is 64.2 Å². The molecule has 3 heteroatoms. The van der Waals surface area contributed by atoms with Gasteiger partial charge in [-0.15, -0.1) is 0 Å². The lowest BCUT2D eigenvalue weighted by atomic mass is 10.1. The fourth-order valence-corrected chi connectivity index (χ4v) is 4.01. The number of nitrogens with zero attached hydrogens (tertiary/aromatic N) is 3. The zero-order valence-corrected chi connectivity index (χ0v) is 18.8. The Balaban J connectivity index is 1.16. The first-order valence-electron chi connectivity index (χ1n) is 11.9. The summed E-state index contributed by atoms with van der Waals surface area (Å²) in [6, 6.07) is 13.0. The Morgan fingerprint density at radius 1 is 0.600 bits per heavy atom. The SMILES string of the molecule is C[n+]1ccc(-c2cc[n+](CCCCCCCCCCCCn3cccc3)cc2)cc1. The highest BCUT2D eigenvalue weighted by molar-refractivity contribution is 5.60. The molecular weight excluding hydrogens is 366 g/mol. The monoisotopic (exact) mass is 405 g/mol. The van der Waals surface area contributed by atoms with Gasteiger partial charge in [0.1, 0.15) is 13.6 Å². The summed E-state index contributed by atoms with van der Waals surface area (Å²) < 4.78 is 6.68. The molecule has 30 heavy (non-hydrogen) atoms. The number of pyridine rings is 2. The molecule has 160 valence electrons. The Kier molecular flexibility index (Phi) is 9.65. The summed E-state index contributed by atoms with van der Waals surface area (Å²) in [5, 5.41) is 0. The van der Waals surface area contributed by atoms with Gasteiger partial charge in [0.05, 0.1) is 0 Å². The van der Waals surface area contributed by atoms with Crippen LogP contribution < -0.4 is 9.13 Å². The Morgan fingerprint density at radius 2 is 1.07 bits per heavy atom. The van der Waals surface area contributed by atoms with Gasteiger partial charge in [0, 0.05) is 49.6 Å². The molecule has 0 radical (unpaired) electrons. The highest BCUT2D eigenvalue weighted by atomic mass is 14.9. The van der Waals surface area contributed by atoms with Crippen molar-refractivity contribution in [2.75, 3.05) is 0 Å². The van der Waals surface area contributed by atoms with Crippen LogP contribution in [0.4, 0.5) is 0 Å². The molecule has 0 aliphatic rings. The third-order valence-corrected chi connectivity index (χ3v) is 5.95. The Morgan fingerprint density at radius 3 is 1.63 bits per heavy atom. The van der Waals surface area contributed by atoms with E-state index in [-0.39, 0.29) is 0 Å². The normalized spacial score (nSPS) is 11.1. The predicted molar refractivity (Wildman–Crippen MR) is 124 cm³/mol.